The molecule has 0 saturated carbocycles. The predicted molar refractivity (Wildman–Crippen MR) is 139 cm³/mol. The number of nitrogens with zero attached hydrogens (tertiary/aromatic N) is 2. The molecule has 0 spiro atoms. The van der Waals surface area contributed by atoms with Crippen molar-refractivity contribution in [3.05, 3.63) is 92.8 Å². The second-order valence-corrected chi connectivity index (χ2v) is 11.6. The van der Waals surface area contributed by atoms with Gasteiger partial charge in [0.15, 0.2) is 12.0 Å². The highest BCUT2D eigenvalue weighted by molar-refractivity contribution is 7.86. The molecule has 4 atom stereocenters. The third-order valence-electron chi connectivity index (χ3n) is 6.69. The van der Waals surface area contributed by atoms with Crippen LogP contribution in [0.4, 0.5) is 0 Å². The standard InChI is InChI=1S/C27H30N2O9S/c1-17-5-11-20(12-6-17)39(32,33)35-16-21-23-24(38-27(2,3)37-23)25(36-21)28-14-13-22(30)29(26(28)31)15-18-7-9-19(34-4)10-8-18/h5-14,21,23-25H,15-16H2,1-4H3/t21-,23-,24-,25-/m1/s1. The highest BCUT2D eigenvalue weighted by Crippen LogP contribution is 2.42. The lowest BCUT2D eigenvalue weighted by atomic mass is 10.1. The summed E-state index contributed by atoms with van der Waals surface area (Å²) in [6, 6.07) is 14.6. The average Bonchev–Trinajstić information content (AvgIpc) is 3.39. The molecule has 0 unspecified atom stereocenters. The van der Waals surface area contributed by atoms with Crippen LogP contribution in [0.25, 0.3) is 0 Å². The van der Waals surface area contributed by atoms with E-state index in [-0.39, 0.29) is 18.0 Å². The Labute approximate surface area is 225 Å². The van der Waals surface area contributed by atoms with Gasteiger partial charge in [-0.2, -0.15) is 8.42 Å². The molecule has 0 N–H and O–H groups in total. The van der Waals surface area contributed by atoms with Crippen molar-refractivity contribution in [1.82, 2.24) is 9.13 Å². The quantitative estimate of drug-likeness (QED) is 0.383. The molecule has 39 heavy (non-hydrogen) atoms. The van der Waals surface area contributed by atoms with Crippen molar-refractivity contribution >= 4 is 10.1 Å². The molecule has 2 aromatic carbocycles. The van der Waals surface area contributed by atoms with Crippen LogP contribution >= 0.6 is 0 Å². The second-order valence-electron chi connectivity index (χ2n) is 9.96. The molecule has 0 amide bonds. The maximum Gasteiger partial charge on any atom is 0.333 e. The number of aryl methyl sites for hydroxylation is 1. The van der Waals surface area contributed by atoms with E-state index in [9.17, 15) is 18.0 Å². The number of aromatic nitrogens is 2. The molecular weight excluding hydrogens is 528 g/mol. The van der Waals surface area contributed by atoms with Crippen LogP contribution in [-0.2, 0) is 35.1 Å². The van der Waals surface area contributed by atoms with Crippen molar-refractivity contribution in [2.45, 2.75) is 62.5 Å². The van der Waals surface area contributed by atoms with E-state index in [1.807, 2.05) is 6.92 Å². The zero-order chi connectivity index (χ0) is 27.9. The highest BCUT2D eigenvalue weighted by Gasteiger charge is 2.56. The highest BCUT2D eigenvalue weighted by atomic mass is 32.2. The summed E-state index contributed by atoms with van der Waals surface area (Å²) in [6.07, 6.45) is -1.97. The fourth-order valence-corrected chi connectivity index (χ4v) is 5.65. The van der Waals surface area contributed by atoms with E-state index in [4.69, 9.17) is 23.1 Å². The summed E-state index contributed by atoms with van der Waals surface area (Å²) in [4.78, 5) is 26.1. The van der Waals surface area contributed by atoms with Crippen LogP contribution in [0.1, 0.15) is 31.2 Å². The maximum absolute atomic E-state index is 13.5. The largest absolute Gasteiger partial charge is 0.497 e. The minimum Gasteiger partial charge on any atom is -0.497 e. The molecular formula is C27H30N2O9S. The summed E-state index contributed by atoms with van der Waals surface area (Å²) in [7, 11) is -2.51. The smallest absolute Gasteiger partial charge is 0.333 e. The van der Waals surface area contributed by atoms with Crippen molar-refractivity contribution in [3.63, 3.8) is 0 Å². The number of rotatable bonds is 8. The zero-order valence-electron chi connectivity index (χ0n) is 22.0. The Morgan fingerprint density at radius 1 is 0.949 bits per heavy atom. The van der Waals surface area contributed by atoms with E-state index >= 15 is 0 Å². The lowest BCUT2D eigenvalue weighted by molar-refractivity contribution is -0.199. The number of fused-ring (bicyclic) bond motifs is 1. The number of ether oxygens (including phenoxy) is 4. The second kappa shape index (κ2) is 10.4. The summed E-state index contributed by atoms with van der Waals surface area (Å²) in [5.41, 5.74) is 0.558. The van der Waals surface area contributed by atoms with Gasteiger partial charge in [0.05, 0.1) is 25.2 Å². The summed E-state index contributed by atoms with van der Waals surface area (Å²) in [5.74, 6) is -0.354. The van der Waals surface area contributed by atoms with Crippen molar-refractivity contribution < 1.29 is 31.5 Å². The summed E-state index contributed by atoms with van der Waals surface area (Å²) >= 11 is 0. The van der Waals surface area contributed by atoms with Crippen LogP contribution in [0.5, 0.6) is 5.75 Å². The molecule has 0 radical (unpaired) electrons. The van der Waals surface area contributed by atoms with E-state index in [2.05, 4.69) is 0 Å². The monoisotopic (exact) mass is 558 g/mol. The topological polar surface area (TPSA) is 124 Å². The van der Waals surface area contributed by atoms with E-state index in [0.29, 0.717) is 5.75 Å². The Bertz CT molecular complexity index is 1560. The first-order valence-corrected chi connectivity index (χ1v) is 13.8. The fourth-order valence-electron chi connectivity index (χ4n) is 4.73. The molecule has 1 aromatic heterocycles. The zero-order valence-corrected chi connectivity index (χ0v) is 22.8. The lowest BCUT2D eigenvalue weighted by Crippen LogP contribution is -2.43. The van der Waals surface area contributed by atoms with Crippen LogP contribution in [0.15, 0.2) is 75.3 Å². The van der Waals surface area contributed by atoms with Crippen molar-refractivity contribution in [1.29, 1.82) is 0 Å². The van der Waals surface area contributed by atoms with Gasteiger partial charge in [-0.3, -0.25) is 18.1 Å². The van der Waals surface area contributed by atoms with E-state index in [0.717, 1.165) is 15.7 Å². The molecule has 2 aliphatic heterocycles. The molecule has 208 valence electrons. The number of benzene rings is 2. The maximum atomic E-state index is 13.5. The lowest BCUT2D eigenvalue weighted by Gasteiger charge is -2.25. The molecule has 2 saturated heterocycles. The summed E-state index contributed by atoms with van der Waals surface area (Å²) in [5, 5.41) is 0. The number of hydrogen-bond acceptors (Lipinski definition) is 9. The normalized spacial score (nSPS) is 24.0. The molecule has 3 heterocycles. The Morgan fingerprint density at radius 3 is 2.28 bits per heavy atom. The minimum atomic E-state index is -4.06. The van der Waals surface area contributed by atoms with E-state index in [1.54, 1.807) is 57.4 Å². The summed E-state index contributed by atoms with van der Waals surface area (Å²) in [6.45, 7) is 4.97. The van der Waals surface area contributed by atoms with Gasteiger partial charge in [0.25, 0.3) is 15.7 Å². The Hall–Kier alpha value is -3.29. The molecule has 3 aromatic rings. The van der Waals surface area contributed by atoms with Gasteiger partial charge < -0.3 is 18.9 Å². The van der Waals surface area contributed by atoms with Crippen LogP contribution in [0.2, 0.25) is 0 Å². The van der Waals surface area contributed by atoms with Gasteiger partial charge >= 0.3 is 5.69 Å². The van der Waals surface area contributed by atoms with Crippen LogP contribution in [0, 0.1) is 6.92 Å². The van der Waals surface area contributed by atoms with Gasteiger partial charge in [-0.15, -0.1) is 0 Å². The minimum absolute atomic E-state index is 0.0185. The fraction of sp³-hybridized carbons (Fsp3) is 0.407. The van der Waals surface area contributed by atoms with Crippen molar-refractivity contribution in [3.8, 4) is 5.75 Å². The van der Waals surface area contributed by atoms with Gasteiger partial charge in [-0.05, 0) is 50.6 Å². The van der Waals surface area contributed by atoms with Gasteiger partial charge in [-0.25, -0.2) is 4.79 Å². The van der Waals surface area contributed by atoms with E-state index < -0.39 is 51.7 Å². The van der Waals surface area contributed by atoms with Crippen molar-refractivity contribution in [2.24, 2.45) is 0 Å². The van der Waals surface area contributed by atoms with E-state index in [1.165, 1.54) is 29.0 Å². The Morgan fingerprint density at radius 2 is 1.62 bits per heavy atom. The SMILES string of the molecule is COc1ccc(Cn2c(=O)ccn([C@@H]3O[C@H](COS(=O)(=O)c4ccc(C)cc4)[C@H]4OC(C)(C)O[C@H]43)c2=O)cc1. The Balaban J connectivity index is 1.41. The van der Waals surface area contributed by atoms with Gasteiger partial charge in [0.1, 0.15) is 24.1 Å². The van der Waals surface area contributed by atoms with Crippen LogP contribution in [0.3, 0.4) is 0 Å². The third kappa shape index (κ3) is 5.56. The molecule has 0 bridgehead atoms. The number of methoxy groups -OCH3 is 1. The van der Waals surface area contributed by atoms with Crippen molar-refractivity contribution in [2.75, 3.05) is 13.7 Å². The predicted octanol–water partition coefficient (Wildman–Crippen LogP) is 2.20. The average molecular weight is 559 g/mol. The molecule has 2 fully saturated rings. The molecule has 2 aliphatic rings. The van der Waals surface area contributed by atoms with Gasteiger partial charge in [0, 0.05) is 12.3 Å². The summed E-state index contributed by atoms with van der Waals surface area (Å²) < 4.78 is 56.6. The van der Waals surface area contributed by atoms with Crippen LogP contribution < -0.4 is 16.0 Å². The van der Waals surface area contributed by atoms with Gasteiger partial charge in [0.2, 0.25) is 0 Å². The molecule has 11 nitrogen and oxygen atoms in total. The first-order chi connectivity index (χ1) is 18.5. The first kappa shape index (κ1) is 27.3. The molecule has 12 heteroatoms. The first-order valence-electron chi connectivity index (χ1n) is 12.4. The molecule has 0 aliphatic carbocycles. The molecule has 5 rings (SSSR count). The third-order valence-corrected chi connectivity index (χ3v) is 7.99. The number of hydrogen-bond donors (Lipinski definition) is 0. The van der Waals surface area contributed by atoms with Gasteiger partial charge in [-0.1, -0.05) is 29.8 Å². The van der Waals surface area contributed by atoms with Crippen LogP contribution in [-0.4, -0.2) is 55.4 Å². The Kier molecular flexibility index (Phi) is 7.25.